The first-order valence-electron chi connectivity index (χ1n) is 14.2. The average molecular weight is 562 g/mol. The van der Waals surface area contributed by atoms with Crippen LogP contribution in [0.2, 0.25) is 0 Å². The van der Waals surface area contributed by atoms with Gasteiger partial charge in [-0.2, -0.15) is 10.4 Å². The number of piperidine rings is 1. The lowest BCUT2D eigenvalue weighted by Gasteiger charge is -2.56. The third-order valence-electron chi connectivity index (χ3n) is 8.59. The maximum Gasteiger partial charge on any atom is 0.212 e. The third kappa shape index (κ3) is 4.94. The van der Waals surface area contributed by atoms with Crippen molar-refractivity contribution in [2.24, 2.45) is 0 Å². The van der Waals surface area contributed by atoms with E-state index in [2.05, 4.69) is 56.0 Å². The minimum absolute atomic E-state index is 0.482. The molecule has 2 atom stereocenters. The van der Waals surface area contributed by atoms with E-state index in [1.54, 1.807) is 24.0 Å². The molecular weight excluding hydrogens is 530 g/mol. The molecule has 1 N–H and O–H groups in total. The van der Waals surface area contributed by atoms with E-state index >= 15 is 0 Å². The molecule has 0 aliphatic carbocycles. The highest BCUT2D eigenvalue weighted by atomic mass is 16.5. The van der Waals surface area contributed by atoms with Gasteiger partial charge in [0.2, 0.25) is 5.88 Å². The zero-order chi connectivity index (χ0) is 28.7. The Labute approximate surface area is 244 Å². The van der Waals surface area contributed by atoms with Crippen molar-refractivity contribution in [3.05, 3.63) is 71.8 Å². The molecule has 42 heavy (non-hydrogen) atoms. The molecule has 4 aliphatic heterocycles. The van der Waals surface area contributed by atoms with Gasteiger partial charge in [0.05, 0.1) is 37.6 Å². The van der Waals surface area contributed by atoms with Crippen molar-refractivity contribution in [3.8, 4) is 34.9 Å². The van der Waals surface area contributed by atoms with Crippen LogP contribution in [0.1, 0.15) is 36.0 Å². The van der Waals surface area contributed by atoms with Crippen molar-refractivity contribution in [1.82, 2.24) is 24.5 Å². The van der Waals surface area contributed by atoms with Crippen LogP contribution in [-0.2, 0) is 11.3 Å². The van der Waals surface area contributed by atoms with Crippen molar-refractivity contribution in [1.29, 1.82) is 5.26 Å². The van der Waals surface area contributed by atoms with Crippen molar-refractivity contribution in [2.75, 3.05) is 38.3 Å². The molecule has 10 heteroatoms. The molecule has 212 valence electrons. The number of aliphatic hydroxyl groups is 1. The Morgan fingerprint density at radius 1 is 1.10 bits per heavy atom. The highest BCUT2D eigenvalue weighted by Crippen LogP contribution is 2.36. The summed E-state index contributed by atoms with van der Waals surface area (Å²) in [6.45, 7) is 3.73. The fraction of sp³-hybridized carbons (Fsp3) is 0.375. The molecule has 0 saturated carbocycles. The Balaban J connectivity index is 1.11. The molecule has 4 saturated heterocycles. The summed E-state index contributed by atoms with van der Waals surface area (Å²) in [5.41, 5.74) is 3.75. The number of rotatable bonds is 5. The van der Waals surface area contributed by atoms with Crippen LogP contribution in [0, 0.1) is 23.2 Å². The molecule has 0 spiro atoms. The van der Waals surface area contributed by atoms with E-state index in [1.165, 1.54) is 12.0 Å². The monoisotopic (exact) mass is 561 g/mol. The summed E-state index contributed by atoms with van der Waals surface area (Å²) in [4.78, 5) is 14.1. The lowest BCUT2D eigenvalue weighted by Crippen LogP contribution is -2.68. The van der Waals surface area contributed by atoms with Gasteiger partial charge in [-0.15, -0.1) is 0 Å². The number of hydrogen-bond acceptors (Lipinski definition) is 9. The summed E-state index contributed by atoms with van der Waals surface area (Å²) < 4.78 is 12.2. The first-order chi connectivity index (χ1) is 20.5. The summed E-state index contributed by atoms with van der Waals surface area (Å²) in [6, 6.07) is 13.3. The van der Waals surface area contributed by atoms with Crippen LogP contribution in [0.3, 0.4) is 0 Å². The van der Waals surface area contributed by atoms with Crippen LogP contribution in [0.5, 0.6) is 5.88 Å². The van der Waals surface area contributed by atoms with E-state index in [9.17, 15) is 10.4 Å². The third-order valence-corrected chi connectivity index (χ3v) is 8.59. The van der Waals surface area contributed by atoms with Crippen LogP contribution in [0.4, 0.5) is 5.82 Å². The number of fused-ring (bicyclic) bond motifs is 3. The van der Waals surface area contributed by atoms with Crippen molar-refractivity contribution in [3.63, 3.8) is 0 Å². The average Bonchev–Trinajstić information content (AvgIpc) is 3.46. The van der Waals surface area contributed by atoms with E-state index in [-0.39, 0.29) is 0 Å². The zero-order valence-corrected chi connectivity index (χ0v) is 23.4. The minimum atomic E-state index is -1.06. The number of anilines is 1. The number of aromatic nitrogens is 4. The van der Waals surface area contributed by atoms with E-state index in [0.717, 1.165) is 36.6 Å². The number of pyridine rings is 3. The predicted molar refractivity (Wildman–Crippen MR) is 156 cm³/mol. The molecule has 2 bridgehead atoms. The second kappa shape index (κ2) is 10.7. The molecule has 4 aromatic rings. The first-order valence-corrected chi connectivity index (χ1v) is 14.2. The molecule has 0 aromatic carbocycles. The zero-order valence-electron chi connectivity index (χ0n) is 23.4. The van der Waals surface area contributed by atoms with Gasteiger partial charge in [0, 0.05) is 85.9 Å². The van der Waals surface area contributed by atoms with Gasteiger partial charge in [-0.25, -0.2) is 14.5 Å². The molecule has 4 aliphatic rings. The molecule has 10 nitrogen and oxygen atoms in total. The number of ether oxygens (including phenoxy) is 2. The van der Waals surface area contributed by atoms with Gasteiger partial charge < -0.3 is 19.5 Å². The second-order valence-electron chi connectivity index (χ2n) is 11.2. The maximum atomic E-state index is 10.8. The molecule has 0 amide bonds. The number of piperazine rings is 1. The van der Waals surface area contributed by atoms with E-state index in [4.69, 9.17) is 14.5 Å². The van der Waals surface area contributed by atoms with Gasteiger partial charge in [0.25, 0.3) is 0 Å². The molecule has 8 heterocycles. The quantitative estimate of drug-likeness (QED) is 0.368. The normalized spacial score (nSPS) is 21.2. The predicted octanol–water partition coefficient (Wildman–Crippen LogP) is 3.03. The van der Waals surface area contributed by atoms with E-state index in [0.29, 0.717) is 60.7 Å². The van der Waals surface area contributed by atoms with Crippen LogP contribution < -0.4 is 9.64 Å². The Hall–Kier alpha value is -4.48. The highest BCUT2D eigenvalue weighted by Gasteiger charge is 2.44. The fourth-order valence-electron chi connectivity index (χ4n) is 6.22. The molecule has 0 radical (unpaired) electrons. The summed E-state index contributed by atoms with van der Waals surface area (Å²) in [5, 5.41) is 25.0. The summed E-state index contributed by atoms with van der Waals surface area (Å²) in [6.07, 6.45) is 9.29. The second-order valence-corrected chi connectivity index (χ2v) is 11.2. The van der Waals surface area contributed by atoms with Crippen LogP contribution in [0.15, 0.2) is 55.1 Å². The van der Waals surface area contributed by atoms with Crippen LogP contribution in [-0.4, -0.2) is 80.7 Å². The summed E-state index contributed by atoms with van der Waals surface area (Å²) in [7, 11) is 1.63. The number of nitrogens with zero attached hydrogens (tertiary/aromatic N) is 7. The van der Waals surface area contributed by atoms with Gasteiger partial charge >= 0.3 is 0 Å². The van der Waals surface area contributed by atoms with Crippen molar-refractivity contribution in [2.45, 2.75) is 43.5 Å². The standard InChI is InChI=1S/C32H31N7O3/c1-41-30-5-2-23(15-35-30)18-38-26-13-27(38)21-37(20-26)29-4-3-24(16-34-29)28-12-22(6-7-32(40)8-10-42-11-9-32)19-39-31(28)25(14-33)17-36-39/h2-5,12,15-17,19,26-27,40H,8-11,13,18,20-21H2,1H3. The Bertz CT molecular complexity index is 1700. The maximum absolute atomic E-state index is 10.8. The highest BCUT2D eigenvalue weighted by molar-refractivity contribution is 5.85. The van der Waals surface area contributed by atoms with E-state index in [1.807, 2.05) is 24.5 Å². The van der Waals surface area contributed by atoms with Crippen molar-refractivity contribution < 1.29 is 14.6 Å². The van der Waals surface area contributed by atoms with E-state index < -0.39 is 5.60 Å². The summed E-state index contributed by atoms with van der Waals surface area (Å²) in [5.74, 6) is 7.77. The number of methoxy groups -OCH3 is 1. The number of nitriles is 1. The lowest BCUT2D eigenvalue weighted by atomic mass is 9.87. The molecular formula is C32H31N7O3. The molecule has 8 rings (SSSR count). The largest absolute Gasteiger partial charge is 0.481 e. The van der Waals surface area contributed by atoms with Gasteiger partial charge in [0.15, 0.2) is 0 Å². The smallest absolute Gasteiger partial charge is 0.212 e. The first kappa shape index (κ1) is 26.4. The minimum Gasteiger partial charge on any atom is -0.481 e. The SMILES string of the molecule is COc1ccc(CN2C3CC2CN(c2ccc(-c4cc(C#CC5(O)CCOCC5)cn5ncc(C#N)c45)cn2)C3)cn1. The Morgan fingerprint density at radius 3 is 2.62 bits per heavy atom. The van der Waals surface area contributed by atoms with Gasteiger partial charge in [-0.1, -0.05) is 17.9 Å². The van der Waals surface area contributed by atoms with Crippen LogP contribution in [0.25, 0.3) is 16.6 Å². The summed E-state index contributed by atoms with van der Waals surface area (Å²) >= 11 is 0. The van der Waals surface area contributed by atoms with Crippen LogP contribution >= 0.6 is 0 Å². The molecule has 4 fully saturated rings. The molecule has 2 unspecified atom stereocenters. The van der Waals surface area contributed by atoms with Gasteiger partial charge in [-0.3, -0.25) is 4.90 Å². The Kier molecular flexibility index (Phi) is 6.75. The molecule has 4 aromatic heterocycles. The van der Waals surface area contributed by atoms with Gasteiger partial charge in [0.1, 0.15) is 17.5 Å². The number of hydrogen-bond donors (Lipinski definition) is 1. The topological polar surface area (TPSA) is 112 Å². The van der Waals surface area contributed by atoms with Gasteiger partial charge in [-0.05, 0) is 30.2 Å². The van der Waals surface area contributed by atoms with Crippen molar-refractivity contribution >= 4 is 11.3 Å². The Morgan fingerprint density at radius 2 is 1.93 bits per heavy atom. The fourth-order valence-corrected chi connectivity index (χ4v) is 6.22. The lowest BCUT2D eigenvalue weighted by molar-refractivity contribution is -0.0261.